The molecule has 0 radical (unpaired) electrons. The summed E-state index contributed by atoms with van der Waals surface area (Å²) in [7, 11) is 0. The van der Waals surface area contributed by atoms with Crippen molar-refractivity contribution < 1.29 is 9.53 Å². The highest BCUT2D eigenvalue weighted by Gasteiger charge is 2.20. The van der Waals surface area contributed by atoms with Crippen LogP contribution in [0, 0.1) is 5.92 Å². The molecule has 1 rings (SSSR count). The number of para-hydroxylation sites is 1. The zero-order chi connectivity index (χ0) is 15.8. The summed E-state index contributed by atoms with van der Waals surface area (Å²) < 4.78 is 5.68. The van der Waals surface area contributed by atoms with Crippen molar-refractivity contribution in [3.63, 3.8) is 0 Å². The summed E-state index contributed by atoms with van der Waals surface area (Å²) in [6.45, 7) is 9.25. The van der Waals surface area contributed by atoms with Crippen molar-refractivity contribution >= 4 is 23.2 Å². The Kier molecular flexibility index (Phi) is 7.76. The van der Waals surface area contributed by atoms with E-state index in [0.29, 0.717) is 12.5 Å². The maximum atomic E-state index is 12.2. The molecule has 118 valence electrons. The molecular formula is C17H26ClNO2. The predicted octanol–water partition coefficient (Wildman–Crippen LogP) is 4.01. The average Bonchev–Trinajstić information content (AvgIpc) is 2.49. The van der Waals surface area contributed by atoms with Crippen LogP contribution >= 0.6 is 11.6 Å². The van der Waals surface area contributed by atoms with E-state index in [2.05, 4.69) is 39.8 Å². The molecule has 1 aromatic carbocycles. The number of amides is 1. The number of halogens is 1. The largest absolute Gasteiger partial charge is 0.360 e. The number of alkyl halides is 1. The number of anilines is 1. The van der Waals surface area contributed by atoms with Gasteiger partial charge in [-0.15, -0.1) is 11.6 Å². The highest BCUT2D eigenvalue weighted by molar-refractivity contribution is 6.29. The minimum atomic E-state index is -0.115. The summed E-state index contributed by atoms with van der Waals surface area (Å²) in [6, 6.07) is 6.16. The summed E-state index contributed by atoms with van der Waals surface area (Å²) in [6.07, 6.45) is 1.75. The Balaban J connectivity index is 3.10. The van der Waals surface area contributed by atoms with Crippen molar-refractivity contribution in [1.29, 1.82) is 0 Å². The predicted molar refractivity (Wildman–Crippen MR) is 89.1 cm³/mol. The van der Waals surface area contributed by atoms with Gasteiger partial charge in [-0.3, -0.25) is 9.69 Å². The molecule has 1 amide bonds. The van der Waals surface area contributed by atoms with E-state index in [1.54, 1.807) is 4.90 Å². The second-order valence-corrected chi connectivity index (χ2v) is 5.75. The summed E-state index contributed by atoms with van der Waals surface area (Å²) in [4.78, 5) is 13.9. The van der Waals surface area contributed by atoms with E-state index >= 15 is 0 Å². The molecule has 0 aliphatic rings. The number of carbonyl (C=O) groups excluding carboxylic acids is 1. The lowest BCUT2D eigenvalue weighted by Gasteiger charge is -2.27. The second kappa shape index (κ2) is 9.06. The fourth-order valence-corrected chi connectivity index (χ4v) is 2.42. The third kappa shape index (κ3) is 5.01. The fraction of sp³-hybridized carbons (Fsp3) is 0.588. The van der Waals surface area contributed by atoms with Gasteiger partial charge in [-0.05, 0) is 29.9 Å². The topological polar surface area (TPSA) is 29.5 Å². The molecule has 0 heterocycles. The van der Waals surface area contributed by atoms with E-state index in [4.69, 9.17) is 16.3 Å². The van der Waals surface area contributed by atoms with E-state index in [0.717, 1.165) is 29.7 Å². The van der Waals surface area contributed by atoms with Crippen molar-refractivity contribution in [2.75, 3.05) is 24.1 Å². The van der Waals surface area contributed by atoms with Gasteiger partial charge >= 0.3 is 0 Å². The molecular weight excluding hydrogens is 286 g/mol. The molecule has 21 heavy (non-hydrogen) atoms. The Morgan fingerprint density at radius 2 is 1.81 bits per heavy atom. The van der Waals surface area contributed by atoms with Gasteiger partial charge in [0.2, 0.25) is 5.91 Å². The first-order valence-corrected chi connectivity index (χ1v) is 8.13. The Labute approximate surface area is 133 Å². The van der Waals surface area contributed by atoms with Crippen molar-refractivity contribution in [3.8, 4) is 0 Å². The third-order valence-electron chi connectivity index (χ3n) is 3.32. The molecule has 0 aliphatic heterocycles. The molecule has 0 saturated carbocycles. The van der Waals surface area contributed by atoms with Crippen LogP contribution in [0.3, 0.4) is 0 Å². The van der Waals surface area contributed by atoms with Crippen LogP contribution in [0.25, 0.3) is 0 Å². The maximum Gasteiger partial charge on any atom is 0.243 e. The van der Waals surface area contributed by atoms with Gasteiger partial charge in [-0.2, -0.15) is 0 Å². The van der Waals surface area contributed by atoms with Crippen LogP contribution in [0.4, 0.5) is 5.69 Å². The molecule has 4 heteroatoms. The van der Waals surface area contributed by atoms with Crippen LogP contribution in [-0.2, 0) is 22.4 Å². The van der Waals surface area contributed by atoms with E-state index in [1.807, 2.05) is 6.07 Å². The first kappa shape index (κ1) is 18.0. The molecule has 3 nitrogen and oxygen atoms in total. The van der Waals surface area contributed by atoms with Gasteiger partial charge in [-0.1, -0.05) is 45.9 Å². The molecule has 0 unspecified atom stereocenters. The zero-order valence-corrected chi connectivity index (χ0v) is 14.2. The van der Waals surface area contributed by atoms with Gasteiger partial charge in [-0.25, -0.2) is 0 Å². The van der Waals surface area contributed by atoms with Crippen molar-refractivity contribution in [1.82, 2.24) is 0 Å². The number of aryl methyl sites for hydroxylation is 2. The summed E-state index contributed by atoms with van der Waals surface area (Å²) in [5, 5.41) is 0. The number of ether oxygens (including phenoxy) is 1. The molecule has 0 N–H and O–H groups in total. The Morgan fingerprint density at radius 1 is 1.24 bits per heavy atom. The number of rotatable bonds is 8. The number of nitrogens with zero attached hydrogens (tertiary/aromatic N) is 1. The van der Waals surface area contributed by atoms with Crippen molar-refractivity contribution in [3.05, 3.63) is 29.3 Å². The highest BCUT2D eigenvalue weighted by Crippen LogP contribution is 2.27. The second-order valence-electron chi connectivity index (χ2n) is 5.48. The van der Waals surface area contributed by atoms with Crippen LogP contribution in [0.5, 0.6) is 0 Å². The van der Waals surface area contributed by atoms with Gasteiger partial charge in [0.15, 0.2) is 0 Å². The van der Waals surface area contributed by atoms with Crippen molar-refractivity contribution in [2.24, 2.45) is 5.92 Å². The minimum absolute atomic E-state index is 0.0355. The molecule has 0 fully saturated rings. The summed E-state index contributed by atoms with van der Waals surface area (Å²) in [5.41, 5.74) is 3.28. The molecule has 0 aliphatic carbocycles. The Bertz CT molecular complexity index is 438. The standard InChI is InChI=1S/C17H26ClNO2/c1-5-14-8-7-9-15(6-2)17(14)19(16(20)10-18)12-21-11-13(3)4/h7-9,13H,5-6,10-12H2,1-4H3. The average molecular weight is 312 g/mol. The van der Waals surface area contributed by atoms with Crippen LogP contribution in [-0.4, -0.2) is 25.1 Å². The Hall–Kier alpha value is -1.06. The van der Waals surface area contributed by atoms with Gasteiger partial charge in [0, 0.05) is 0 Å². The van der Waals surface area contributed by atoms with E-state index in [-0.39, 0.29) is 18.5 Å². The van der Waals surface area contributed by atoms with Crippen LogP contribution in [0.1, 0.15) is 38.8 Å². The van der Waals surface area contributed by atoms with Gasteiger partial charge in [0.1, 0.15) is 12.6 Å². The van der Waals surface area contributed by atoms with Crippen LogP contribution < -0.4 is 4.90 Å². The molecule has 0 spiro atoms. The molecule has 1 aromatic rings. The lowest BCUT2D eigenvalue weighted by atomic mass is 10.0. The summed E-state index contributed by atoms with van der Waals surface area (Å²) in [5.74, 6) is 0.285. The monoisotopic (exact) mass is 311 g/mol. The number of hydrogen-bond acceptors (Lipinski definition) is 2. The van der Waals surface area contributed by atoms with Gasteiger partial charge < -0.3 is 4.74 Å². The lowest BCUT2D eigenvalue weighted by Crippen LogP contribution is -2.36. The molecule has 0 saturated heterocycles. The summed E-state index contributed by atoms with van der Waals surface area (Å²) >= 11 is 5.78. The first-order chi connectivity index (χ1) is 10.0. The molecule has 0 aromatic heterocycles. The van der Waals surface area contributed by atoms with E-state index in [9.17, 15) is 4.79 Å². The molecule has 0 bridgehead atoms. The van der Waals surface area contributed by atoms with Gasteiger partial charge in [0.25, 0.3) is 0 Å². The van der Waals surface area contributed by atoms with Crippen molar-refractivity contribution in [2.45, 2.75) is 40.5 Å². The van der Waals surface area contributed by atoms with Gasteiger partial charge in [0.05, 0.1) is 12.3 Å². The smallest absolute Gasteiger partial charge is 0.243 e. The maximum absolute atomic E-state index is 12.2. The first-order valence-electron chi connectivity index (χ1n) is 7.59. The minimum Gasteiger partial charge on any atom is -0.360 e. The zero-order valence-electron chi connectivity index (χ0n) is 13.5. The fourth-order valence-electron chi connectivity index (χ4n) is 2.27. The number of carbonyl (C=O) groups is 1. The van der Waals surface area contributed by atoms with Crippen LogP contribution in [0.15, 0.2) is 18.2 Å². The normalized spacial score (nSPS) is 11.0. The molecule has 0 atom stereocenters. The highest BCUT2D eigenvalue weighted by atomic mass is 35.5. The lowest BCUT2D eigenvalue weighted by molar-refractivity contribution is -0.117. The van der Waals surface area contributed by atoms with Crippen LogP contribution in [0.2, 0.25) is 0 Å². The Morgan fingerprint density at radius 3 is 2.24 bits per heavy atom. The quantitative estimate of drug-likeness (QED) is 0.536. The van der Waals surface area contributed by atoms with E-state index in [1.165, 1.54) is 0 Å². The SMILES string of the molecule is CCc1cccc(CC)c1N(COCC(C)C)C(=O)CCl. The number of benzene rings is 1. The van der Waals surface area contributed by atoms with E-state index < -0.39 is 0 Å². The number of hydrogen-bond donors (Lipinski definition) is 0. The third-order valence-corrected chi connectivity index (χ3v) is 3.55.